The molecule has 144 valence electrons. The molecule has 5 nitrogen and oxygen atoms in total. The Morgan fingerprint density at radius 1 is 1.07 bits per heavy atom. The summed E-state index contributed by atoms with van der Waals surface area (Å²) < 4.78 is 18.2. The third-order valence-corrected chi connectivity index (χ3v) is 4.24. The van der Waals surface area contributed by atoms with E-state index in [9.17, 15) is 9.18 Å². The fourth-order valence-corrected chi connectivity index (χ4v) is 2.72. The molecule has 0 aliphatic carbocycles. The summed E-state index contributed by atoms with van der Waals surface area (Å²) >= 11 is 0. The highest BCUT2D eigenvalue weighted by molar-refractivity contribution is 5.93. The molecule has 0 spiro atoms. The molecule has 0 aliphatic heterocycles. The first-order chi connectivity index (χ1) is 13.6. The minimum absolute atomic E-state index is 0.277. The average Bonchev–Trinajstić information content (AvgIpc) is 2.73. The number of carbonyl (C=O) groups excluding carboxylic acids is 1. The molecule has 1 amide bonds. The normalized spacial score (nSPS) is 10.4. The maximum absolute atomic E-state index is 12.9. The zero-order valence-electron chi connectivity index (χ0n) is 15.6. The number of methoxy groups -OCH3 is 1. The molecule has 3 aromatic rings. The van der Waals surface area contributed by atoms with Crippen molar-refractivity contribution in [3.05, 3.63) is 89.5 Å². The van der Waals surface area contributed by atoms with Crippen LogP contribution in [0.4, 0.5) is 10.1 Å². The average molecular weight is 379 g/mol. The highest BCUT2D eigenvalue weighted by atomic mass is 19.1. The van der Waals surface area contributed by atoms with Crippen LogP contribution in [0.15, 0.2) is 66.9 Å². The molecule has 0 saturated heterocycles. The molecule has 1 aromatic heterocycles. The molecule has 0 bridgehead atoms. The quantitative estimate of drug-likeness (QED) is 0.625. The van der Waals surface area contributed by atoms with Crippen LogP contribution in [0.5, 0.6) is 5.75 Å². The standard InChI is InChI=1S/C22H22FN3O2/c1-28-20-4-2-3-16(13-20)9-11-24-19-10-12-25-21(14-19)22(27)26-15-17-5-7-18(23)8-6-17/h2-8,10,12-14H,9,11,15H2,1H3,(H,24,25)(H,26,27). The van der Waals surface area contributed by atoms with Crippen LogP contribution in [0, 0.1) is 5.82 Å². The molecular weight excluding hydrogens is 357 g/mol. The van der Waals surface area contributed by atoms with Gasteiger partial charge in [-0.2, -0.15) is 0 Å². The van der Waals surface area contributed by atoms with Crippen LogP contribution >= 0.6 is 0 Å². The second-order valence-electron chi connectivity index (χ2n) is 6.27. The maximum Gasteiger partial charge on any atom is 0.270 e. The lowest BCUT2D eigenvalue weighted by Crippen LogP contribution is -2.24. The van der Waals surface area contributed by atoms with E-state index >= 15 is 0 Å². The number of benzene rings is 2. The Kier molecular flexibility index (Phi) is 6.57. The molecule has 0 atom stereocenters. The Labute approximate surface area is 163 Å². The number of pyridine rings is 1. The van der Waals surface area contributed by atoms with E-state index in [0.29, 0.717) is 18.8 Å². The monoisotopic (exact) mass is 379 g/mol. The van der Waals surface area contributed by atoms with Gasteiger partial charge in [0.25, 0.3) is 5.91 Å². The first-order valence-electron chi connectivity index (χ1n) is 8.99. The first kappa shape index (κ1) is 19.4. The van der Waals surface area contributed by atoms with Gasteiger partial charge in [-0.25, -0.2) is 4.39 Å². The summed E-state index contributed by atoms with van der Waals surface area (Å²) in [5.41, 5.74) is 3.14. The Morgan fingerprint density at radius 3 is 2.68 bits per heavy atom. The van der Waals surface area contributed by atoms with E-state index < -0.39 is 0 Å². The second kappa shape index (κ2) is 9.50. The minimum Gasteiger partial charge on any atom is -0.497 e. The Bertz CT molecular complexity index is 929. The minimum atomic E-state index is -0.301. The van der Waals surface area contributed by atoms with Crippen molar-refractivity contribution >= 4 is 11.6 Å². The summed E-state index contributed by atoms with van der Waals surface area (Å²) in [6, 6.07) is 17.5. The molecule has 0 radical (unpaired) electrons. The number of halogens is 1. The zero-order valence-corrected chi connectivity index (χ0v) is 15.6. The van der Waals surface area contributed by atoms with Crippen molar-refractivity contribution in [3.8, 4) is 5.75 Å². The third kappa shape index (κ3) is 5.54. The summed E-state index contributed by atoms with van der Waals surface area (Å²) in [4.78, 5) is 16.4. The van der Waals surface area contributed by atoms with Crippen LogP contribution in [0.1, 0.15) is 21.6 Å². The van der Waals surface area contributed by atoms with Gasteiger partial charge < -0.3 is 15.4 Å². The van der Waals surface area contributed by atoms with Crippen molar-refractivity contribution in [2.45, 2.75) is 13.0 Å². The molecule has 6 heteroatoms. The number of carbonyl (C=O) groups is 1. The van der Waals surface area contributed by atoms with Crippen LogP contribution in [-0.4, -0.2) is 24.5 Å². The summed E-state index contributed by atoms with van der Waals surface area (Å²) in [6.07, 6.45) is 2.42. The summed E-state index contributed by atoms with van der Waals surface area (Å²) in [7, 11) is 1.65. The number of anilines is 1. The smallest absolute Gasteiger partial charge is 0.270 e. The molecule has 2 aromatic carbocycles. The van der Waals surface area contributed by atoms with Crippen LogP contribution in [-0.2, 0) is 13.0 Å². The molecule has 1 heterocycles. The molecule has 0 saturated carbocycles. The van der Waals surface area contributed by atoms with Crippen molar-refractivity contribution in [2.24, 2.45) is 0 Å². The number of hydrogen-bond donors (Lipinski definition) is 2. The van der Waals surface area contributed by atoms with Crippen LogP contribution < -0.4 is 15.4 Å². The van der Waals surface area contributed by atoms with Gasteiger partial charge in [0.1, 0.15) is 17.3 Å². The van der Waals surface area contributed by atoms with Gasteiger partial charge in [0, 0.05) is 25.0 Å². The maximum atomic E-state index is 12.9. The van der Waals surface area contributed by atoms with Gasteiger partial charge in [0.15, 0.2) is 0 Å². The van der Waals surface area contributed by atoms with Crippen molar-refractivity contribution in [1.82, 2.24) is 10.3 Å². The zero-order chi connectivity index (χ0) is 19.8. The van der Waals surface area contributed by atoms with Gasteiger partial charge >= 0.3 is 0 Å². The van der Waals surface area contributed by atoms with E-state index in [1.54, 1.807) is 31.5 Å². The third-order valence-electron chi connectivity index (χ3n) is 4.24. The van der Waals surface area contributed by atoms with Crippen molar-refractivity contribution in [1.29, 1.82) is 0 Å². The first-order valence-corrected chi connectivity index (χ1v) is 8.99. The van der Waals surface area contributed by atoms with Gasteiger partial charge in [-0.15, -0.1) is 0 Å². The number of hydrogen-bond acceptors (Lipinski definition) is 4. The lowest BCUT2D eigenvalue weighted by molar-refractivity contribution is 0.0946. The van der Waals surface area contributed by atoms with Crippen LogP contribution in [0.25, 0.3) is 0 Å². The molecule has 0 aliphatic rings. The fraction of sp³-hybridized carbons (Fsp3) is 0.182. The van der Waals surface area contributed by atoms with Crippen LogP contribution in [0.2, 0.25) is 0 Å². The number of ether oxygens (including phenoxy) is 1. The second-order valence-corrected chi connectivity index (χ2v) is 6.27. The van der Waals surface area contributed by atoms with E-state index in [4.69, 9.17) is 4.74 Å². The molecule has 28 heavy (non-hydrogen) atoms. The summed E-state index contributed by atoms with van der Waals surface area (Å²) in [5, 5.41) is 6.09. The number of nitrogens with zero attached hydrogens (tertiary/aromatic N) is 1. The van der Waals surface area contributed by atoms with Gasteiger partial charge in [0.2, 0.25) is 0 Å². The Hall–Kier alpha value is -3.41. The predicted octanol–water partition coefficient (Wildman–Crippen LogP) is 3.81. The van der Waals surface area contributed by atoms with Gasteiger partial charge in [-0.3, -0.25) is 9.78 Å². The molecule has 0 unspecified atom stereocenters. The predicted molar refractivity (Wildman–Crippen MR) is 107 cm³/mol. The number of nitrogens with one attached hydrogen (secondary N) is 2. The Morgan fingerprint density at radius 2 is 1.89 bits per heavy atom. The molecule has 2 N–H and O–H groups in total. The van der Waals surface area contributed by atoms with Crippen molar-refractivity contribution in [3.63, 3.8) is 0 Å². The molecular formula is C22H22FN3O2. The Balaban J connectivity index is 1.52. The fourth-order valence-electron chi connectivity index (χ4n) is 2.72. The van der Waals surface area contributed by atoms with E-state index in [2.05, 4.69) is 15.6 Å². The van der Waals surface area contributed by atoms with Gasteiger partial charge in [-0.05, 0) is 53.9 Å². The summed E-state index contributed by atoms with van der Waals surface area (Å²) in [5.74, 6) is 0.256. The number of aromatic nitrogens is 1. The number of rotatable bonds is 8. The lowest BCUT2D eigenvalue weighted by atomic mass is 10.1. The largest absolute Gasteiger partial charge is 0.497 e. The highest BCUT2D eigenvalue weighted by Crippen LogP contribution is 2.14. The van der Waals surface area contributed by atoms with Gasteiger partial charge in [-0.1, -0.05) is 24.3 Å². The topological polar surface area (TPSA) is 63.2 Å². The molecule has 3 rings (SSSR count). The van der Waals surface area contributed by atoms with Crippen molar-refractivity contribution in [2.75, 3.05) is 19.0 Å². The van der Waals surface area contributed by atoms with E-state index in [1.807, 2.05) is 30.3 Å². The van der Waals surface area contributed by atoms with Gasteiger partial charge in [0.05, 0.1) is 7.11 Å². The van der Waals surface area contributed by atoms with Crippen molar-refractivity contribution < 1.29 is 13.9 Å². The highest BCUT2D eigenvalue weighted by Gasteiger charge is 2.08. The molecule has 0 fully saturated rings. The van der Waals surface area contributed by atoms with E-state index in [0.717, 1.165) is 29.0 Å². The summed E-state index contributed by atoms with van der Waals surface area (Å²) in [6.45, 7) is 1.03. The van der Waals surface area contributed by atoms with E-state index in [1.165, 1.54) is 12.1 Å². The van der Waals surface area contributed by atoms with Crippen LogP contribution in [0.3, 0.4) is 0 Å². The SMILES string of the molecule is COc1cccc(CCNc2ccnc(C(=O)NCc3ccc(F)cc3)c2)c1. The number of amides is 1. The van der Waals surface area contributed by atoms with E-state index in [-0.39, 0.29) is 11.7 Å². The lowest BCUT2D eigenvalue weighted by Gasteiger charge is -2.09.